The predicted molar refractivity (Wildman–Crippen MR) is 119 cm³/mol. The van der Waals surface area contributed by atoms with Gasteiger partial charge in [-0.1, -0.05) is 36.4 Å². The Labute approximate surface area is 196 Å². The first-order valence-electron chi connectivity index (χ1n) is 11.4. The number of phenolic OH excluding ortho intramolecular Hbond substituents is 1. The Bertz CT molecular complexity index is 1210. The van der Waals surface area contributed by atoms with Crippen molar-refractivity contribution in [2.24, 2.45) is 0 Å². The molecule has 1 spiro atoms. The minimum absolute atomic E-state index is 0.000574. The molecule has 8 heteroatoms. The van der Waals surface area contributed by atoms with Gasteiger partial charge in [-0.2, -0.15) is 0 Å². The molecule has 2 N–H and O–H groups in total. The van der Waals surface area contributed by atoms with Gasteiger partial charge in [0.1, 0.15) is 5.76 Å². The van der Waals surface area contributed by atoms with E-state index >= 15 is 0 Å². The molecule has 2 bridgehead atoms. The zero-order valence-corrected chi connectivity index (χ0v) is 18.6. The van der Waals surface area contributed by atoms with Gasteiger partial charge < -0.3 is 29.3 Å². The number of benzene rings is 2. The van der Waals surface area contributed by atoms with Gasteiger partial charge in [0, 0.05) is 23.6 Å². The van der Waals surface area contributed by atoms with Crippen LogP contribution in [0.4, 0.5) is 0 Å². The molecule has 34 heavy (non-hydrogen) atoms. The van der Waals surface area contributed by atoms with E-state index in [4.69, 9.17) is 14.2 Å². The molecule has 0 radical (unpaired) electrons. The number of carbonyl (C=O) groups excluding carboxylic acids is 2. The van der Waals surface area contributed by atoms with Crippen molar-refractivity contribution in [1.29, 1.82) is 0 Å². The quantitative estimate of drug-likeness (QED) is 0.513. The molecule has 2 heterocycles. The second-order valence-electron chi connectivity index (χ2n) is 9.55. The maximum Gasteiger partial charge on any atom is 0.357 e. The molecule has 8 nitrogen and oxygen atoms in total. The highest BCUT2D eigenvalue weighted by atomic mass is 16.6. The molecule has 4 aliphatic rings. The maximum absolute atomic E-state index is 13.2. The molecular formula is C26H25NO7. The van der Waals surface area contributed by atoms with Gasteiger partial charge in [-0.05, 0) is 44.1 Å². The third-order valence-electron chi connectivity index (χ3n) is 8.08. The van der Waals surface area contributed by atoms with Crippen LogP contribution in [0.2, 0.25) is 0 Å². The maximum atomic E-state index is 13.2. The van der Waals surface area contributed by atoms with Crippen molar-refractivity contribution in [3.05, 3.63) is 71.0 Å². The highest BCUT2D eigenvalue weighted by Crippen LogP contribution is 2.65. The summed E-state index contributed by atoms with van der Waals surface area (Å²) in [5, 5.41) is 22.8. The van der Waals surface area contributed by atoms with Crippen LogP contribution in [0.1, 0.15) is 35.6 Å². The summed E-state index contributed by atoms with van der Waals surface area (Å²) in [5.41, 5.74) is 0.317. The van der Waals surface area contributed by atoms with Crippen molar-refractivity contribution in [2.75, 3.05) is 13.6 Å². The Kier molecular flexibility index (Phi) is 4.56. The number of hydrogen-bond donors (Lipinski definition) is 2. The molecular weight excluding hydrogens is 438 g/mol. The largest absolute Gasteiger partial charge is 0.504 e. The van der Waals surface area contributed by atoms with E-state index in [1.165, 1.54) is 0 Å². The van der Waals surface area contributed by atoms with Crippen LogP contribution >= 0.6 is 0 Å². The molecule has 2 aliphatic heterocycles. The molecule has 0 aromatic heterocycles. The molecule has 176 valence electrons. The number of likely N-dealkylation sites (tertiary alicyclic amines) is 1. The van der Waals surface area contributed by atoms with Crippen molar-refractivity contribution >= 4 is 12.4 Å². The van der Waals surface area contributed by atoms with E-state index in [0.29, 0.717) is 24.2 Å². The van der Waals surface area contributed by atoms with Gasteiger partial charge in [0.15, 0.2) is 17.6 Å². The normalized spacial score (nSPS) is 31.5. The van der Waals surface area contributed by atoms with Crippen molar-refractivity contribution in [1.82, 2.24) is 4.90 Å². The summed E-state index contributed by atoms with van der Waals surface area (Å²) in [6, 6.07) is 12.0. The number of nitrogens with zero attached hydrogens (tertiary/aromatic N) is 1. The zero-order valence-electron chi connectivity index (χ0n) is 18.6. The van der Waals surface area contributed by atoms with Gasteiger partial charge in [-0.25, -0.2) is 4.79 Å². The van der Waals surface area contributed by atoms with Crippen molar-refractivity contribution < 1.29 is 34.0 Å². The van der Waals surface area contributed by atoms with Crippen molar-refractivity contribution in [3.8, 4) is 11.5 Å². The number of aliphatic hydroxyl groups is 1. The molecule has 0 amide bonds. The van der Waals surface area contributed by atoms with Crippen LogP contribution in [0.15, 0.2) is 54.3 Å². The number of phenols is 1. The molecule has 1 fully saturated rings. The Balaban J connectivity index is 1.42. The Morgan fingerprint density at radius 3 is 2.82 bits per heavy atom. The standard InChI is InChI=1S/C26H25NO7/c1-27-12-11-25-20-16-7-8-17(29)22(20)34-23(25)18(9-10-26(25,31)19(27)13-16)33-24(30)21(32-14-28)15-5-3-2-4-6-15/h2-9,14,19,21,23,29,31H,10-13H2,1H3/t19-,21+,23+,25+,26-/m1/s1. The second-order valence-corrected chi connectivity index (χ2v) is 9.55. The minimum Gasteiger partial charge on any atom is -0.504 e. The highest BCUT2D eigenvalue weighted by Gasteiger charge is 2.72. The lowest BCUT2D eigenvalue weighted by atomic mass is 9.50. The average molecular weight is 463 g/mol. The Hall–Kier alpha value is -3.36. The van der Waals surface area contributed by atoms with Gasteiger partial charge >= 0.3 is 5.97 Å². The number of esters is 1. The van der Waals surface area contributed by atoms with Crippen LogP contribution in [0.25, 0.3) is 0 Å². The third kappa shape index (κ3) is 2.61. The van der Waals surface area contributed by atoms with Crippen LogP contribution in [0.5, 0.6) is 11.5 Å². The average Bonchev–Trinajstić information content (AvgIpc) is 3.20. The first-order valence-corrected chi connectivity index (χ1v) is 11.4. The van der Waals surface area contributed by atoms with Crippen molar-refractivity contribution in [3.63, 3.8) is 0 Å². The monoisotopic (exact) mass is 463 g/mol. The fraction of sp³-hybridized carbons (Fsp3) is 0.385. The summed E-state index contributed by atoms with van der Waals surface area (Å²) in [7, 11) is 2.01. The lowest BCUT2D eigenvalue weighted by Crippen LogP contribution is -2.74. The van der Waals surface area contributed by atoms with E-state index in [0.717, 1.165) is 17.7 Å². The fourth-order valence-electron chi connectivity index (χ4n) is 6.56. The summed E-state index contributed by atoms with van der Waals surface area (Å²) < 4.78 is 17.2. The summed E-state index contributed by atoms with van der Waals surface area (Å²) in [6.07, 6.45) is 1.16. The van der Waals surface area contributed by atoms with Gasteiger partial charge in [-0.15, -0.1) is 0 Å². The van der Waals surface area contributed by atoms with Crippen LogP contribution in [0.3, 0.4) is 0 Å². The van der Waals surface area contributed by atoms with Gasteiger partial charge in [-0.3, -0.25) is 4.79 Å². The topological polar surface area (TPSA) is 106 Å². The van der Waals surface area contributed by atoms with E-state index in [1.807, 2.05) is 13.1 Å². The molecule has 2 aromatic rings. The van der Waals surface area contributed by atoms with Crippen molar-refractivity contribution in [2.45, 2.75) is 48.5 Å². The first kappa shape index (κ1) is 21.2. The molecule has 5 atom stereocenters. The SMILES string of the molecule is CN1CC[C@]23c4c5ccc(O)c4O[C@H]2C(OC(=O)[C@@H](OC=O)c2ccccc2)=CC[C@@]3(O)[C@H]1C5. The fourth-order valence-corrected chi connectivity index (χ4v) is 6.56. The van der Waals surface area contributed by atoms with E-state index in [-0.39, 0.29) is 30.4 Å². The van der Waals surface area contributed by atoms with Crippen LogP contribution in [0, 0.1) is 0 Å². The Morgan fingerprint density at radius 2 is 2.06 bits per heavy atom. The van der Waals surface area contributed by atoms with Gasteiger partial charge in [0.25, 0.3) is 6.47 Å². The predicted octanol–water partition coefficient (Wildman–Crippen LogP) is 2.13. The molecule has 2 aliphatic carbocycles. The lowest BCUT2D eigenvalue weighted by molar-refractivity contribution is -0.174. The number of likely N-dealkylation sites (N-methyl/N-ethyl adjacent to an activating group) is 1. The van der Waals surface area contributed by atoms with E-state index < -0.39 is 29.2 Å². The van der Waals surface area contributed by atoms with Gasteiger partial charge in [0.05, 0.1) is 11.0 Å². The van der Waals surface area contributed by atoms with E-state index in [2.05, 4.69) is 4.90 Å². The first-order chi connectivity index (χ1) is 16.4. The number of piperidine rings is 1. The van der Waals surface area contributed by atoms with Crippen LogP contribution in [-0.2, 0) is 30.9 Å². The summed E-state index contributed by atoms with van der Waals surface area (Å²) in [6.45, 7) is 0.948. The molecule has 6 rings (SSSR count). The van der Waals surface area contributed by atoms with Crippen LogP contribution < -0.4 is 4.74 Å². The smallest absolute Gasteiger partial charge is 0.357 e. The third-order valence-corrected chi connectivity index (χ3v) is 8.08. The molecule has 0 unspecified atom stereocenters. The minimum atomic E-state index is -1.23. The summed E-state index contributed by atoms with van der Waals surface area (Å²) in [5.74, 6) is -0.150. The highest BCUT2D eigenvalue weighted by molar-refractivity contribution is 5.79. The van der Waals surface area contributed by atoms with E-state index in [1.54, 1.807) is 42.5 Å². The number of carbonyl (C=O) groups is 2. The molecule has 0 saturated carbocycles. The molecule has 1 saturated heterocycles. The van der Waals surface area contributed by atoms with Crippen LogP contribution in [-0.4, -0.2) is 58.9 Å². The summed E-state index contributed by atoms with van der Waals surface area (Å²) in [4.78, 5) is 26.5. The van der Waals surface area contributed by atoms with E-state index in [9.17, 15) is 19.8 Å². The lowest BCUT2D eigenvalue weighted by Gasteiger charge is -2.61. The number of rotatable bonds is 5. The number of ether oxygens (including phenoxy) is 3. The zero-order chi connectivity index (χ0) is 23.7. The molecule has 2 aromatic carbocycles. The second kappa shape index (κ2) is 7.32. The Morgan fingerprint density at radius 1 is 1.26 bits per heavy atom. The number of aromatic hydroxyl groups is 1. The summed E-state index contributed by atoms with van der Waals surface area (Å²) >= 11 is 0. The van der Waals surface area contributed by atoms with Gasteiger partial charge in [0.2, 0.25) is 6.10 Å². The number of hydrogen-bond acceptors (Lipinski definition) is 8.